The summed E-state index contributed by atoms with van der Waals surface area (Å²) < 4.78 is 0. The average molecular weight is 280 g/mol. The van der Waals surface area contributed by atoms with Gasteiger partial charge in [-0.25, -0.2) is 0 Å². The number of hydrogen-bond acceptors (Lipinski definition) is 2. The van der Waals surface area contributed by atoms with Crippen molar-refractivity contribution in [2.75, 3.05) is 6.54 Å². The van der Waals surface area contributed by atoms with E-state index in [1.165, 1.54) is 32.1 Å². The monoisotopic (exact) mass is 280 g/mol. The van der Waals surface area contributed by atoms with Crippen LogP contribution in [0, 0.1) is 5.92 Å². The quantitative estimate of drug-likeness (QED) is 0.860. The van der Waals surface area contributed by atoms with E-state index in [1.54, 1.807) is 13.8 Å². The standard InChI is InChI=1S/C16H28N2O2/c1-4-13-14(19)17-16(2,3)15(20)18(13)11-10-12-8-6-5-7-9-12/h12-13H,4-11H2,1-3H3,(H,17,19). The maximum Gasteiger partial charge on any atom is 0.248 e. The first-order valence-corrected chi connectivity index (χ1v) is 8.09. The highest BCUT2D eigenvalue weighted by molar-refractivity contribution is 5.99. The van der Waals surface area contributed by atoms with E-state index < -0.39 is 5.54 Å². The van der Waals surface area contributed by atoms with Gasteiger partial charge in [-0.15, -0.1) is 0 Å². The molecule has 0 radical (unpaired) electrons. The molecule has 2 aliphatic rings. The number of hydrogen-bond donors (Lipinski definition) is 1. The van der Waals surface area contributed by atoms with Crippen molar-refractivity contribution in [1.82, 2.24) is 10.2 Å². The second kappa shape index (κ2) is 6.15. The molecule has 0 aromatic heterocycles. The predicted molar refractivity (Wildman–Crippen MR) is 79.2 cm³/mol. The van der Waals surface area contributed by atoms with Gasteiger partial charge in [-0.3, -0.25) is 9.59 Å². The largest absolute Gasteiger partial charge is 0.340 e. The Morgan fingerprint density at radius 3 is 2.45 bits per heavy atom. The Bertz CT molecular complexity index is 373. The fourth-order valence-electron chi connectivity index (χ4n) is 3.55. The van der Waals surface area contributed by atoms with Gasteiger partial charge in [-0.2, -0.15) is 0 Å². The first-order valence-electron chi connectivity index (χ1n) is 8.09. The van der Waals surface area contributed by atoms with Gasteiger partial charge in [-0.1, -0.05) is 39.0 Å². The summed E-state index contributed by atoms with van der Waals surface area (Å²) in [4.78, 5) is 26.5. The van der Waals surface area contributed by atoms with Crippen LogP contribution in [0.25, 0.3) is 0 Å². The first kappa shape index (κ1) is 15.3. The lowest BCUT2D eigenvalue weighted by atomic mass is 9.86. The highest BCUT2D eigenvalue weighted by Gasteiger charge is 2.44. The topological polar surface area (TPSA) is 49.4 Å². The molecule has 1 saturated heterocycles. The van der Waals surface area contributed by atoms with Crippen LogP contribution in [-0.2, 0) is 9.59 Å². The van der Waals surface area contributed by atoms with Gasteiger partial charge in [0.15, 0.2) is 0 Å². The van der Waals surface area contributed by atoms with Crippen LogP contribution < -0.4 is 5.32 Å². The molecule has 1 N–H and O–H groups in total. The van der Waals surface area contributed by atoms with Gasteiger partial charge in [0.2, 0.25) is 11.8 Å². The van der Waals surface area contributed by atoms with Crippen LogP contribution in [0.5, 0.6) is 0 Å². The Hall–Kier alpha value is -1.06. The zero-order valence-electron chi connectivity index (χ0n) is 13.1. The molecule has 1 heterocycles. The van der Waals surface area contributed by atoms with Crippen molar-refractivity contribution in [2.24, 2.45) is 5.92 Å². The summed E-state index contributed by atoms with van der Waals surface area (Å²) in [6.07, 6.45) is 8.31. The zero-order valence-corrected chi connectivity index (χ0v) is 13.1. The first-order chi connectivity index (χ1) is 9.45. The molecule has 1 saturated carbocycles. The average Bonchev–Trinajstić information content (AvgIpc) is 2.42. The molecule has 0 spiro atoms. The number of carbonyl (C=O) groups is 2. The molecule has 1 aliphatic heterocycles. The van der Waals surface area contributed by atoms with Crippen molar-refractivity contribution in [3.05, 3.63) is 0 Å². The molecule has 0 bridgehead atoms. The second-order valence-corrected chi connectivity index (χ2v) is 6.83. The van der Waals surface area contributed by atoms with Crippen LogP contribution >= 0.6 is 0 Å². The lowest BCUT2D eigenvalue weighted by Gasteiger charge is -2.43. The summed E-state index contributed by atoms with van der Waals surface area (Å²) in [6.45, 7) is 6.31. The lowest BCUT2D eigenvalue weighted by Crippen LogP contribution is -2.68. The summed E-state index contributed by atoms with van der Waals surface area (Å²) in [5.41, 5.74) is -0.755. The third kappa shape index (κ3) is 3.15. The Morgan fingerprint density at radius 2 is 1.85 bits per heavy atom. The Balaban J connectivity index is 2.01. The zero-order chi connectivity index (χ0) is 14.8. The Kier molecular flexibility index (Phi) is 4.71. The van der Waals surface area contributed by atoms with Gasteiger partial charge in [0, 0.05) is 6.54 Å². The molecule has 4 heteroatoms. The third-order valence-corrected chi connectivity index (χ3v) is 4.80. The van der Waals surface area contributed by atoms with Gasteiger partial charge in [0.1, 0.15) is 11.6 Å². The Labute approximate surface area is 122 Å². The molecule has 2 rings (SSSR count). The molecular weight excluding hydrogens is 252 g/mol. The molecule has 0 aromatic carbocycles. The van der Waals surface area contributed by atoms with Gasteiger partial charge >= 0.3 is 0 Å². The van der Waals surface area contributed by atoms with Crippen molar-refractivity contribution in [3.8, 4) is 0 Å². The van der Waals surface area contributed by atoms with Crippen LogP contribution in [0.2, 0.25) is 0 Å². The van der Waals surface area contributed by atoms with Crippen LogP contribution in [-0.4, -0.2) is 34.8 Å². The Morgan fingerprint density at radius 1 is 1.20 bits per heavy atom. The minimum Gasteiger partial charge on any atom is -0.340 e. The van der Waals surface area contributed by atoms with E-state index in [9.17, 15) is 9.59 Å². The van der Waals surface area contributed by atoms with Crippen molar-refractivity contribution < 1.29 is 9.59 Å². The number of nitrogens with one attached hydrogen (secondary N) is 1. The summed E-state index contributed by atoms with van der Waals surface area (Å²) in [7, 11) is 0. The minimum absolute atomic E-state index is 0.000689. The fourth-order valence-corrected chi connectivity index (χ4v) is 3.55. The normalized spacial score (nSPS) is 27.6. The lowest BCUT2D eigenvalue weighted by molar-refractivity contribution is -0.153. The fraction of sp³-hybridized carbons (Fsp3) is 0.875. The van der Waals surface area contributed by atoms with Crippen molar-refractivity contribution >= 4 is 11.8 Å². The van der Waals surface area contributed by atoms with Gasteiger partial charge < -0.3 is 10.2 Å². The van der Waals surface area contributed by atoms with E-state index in [0.717, 1.165) is 18.9 Å². The van der Waals surface area contributed by atoms with Gasteiger partial charge in [0.05, 0.1) is 0 Å². The molecule has 2 fully saturated rings. The van der Waals surface area contributed by atoms with Crippen molar-refractivity contribution in [3.63, 3.8) is 0 Å². The van der Waals surface area contributed by atoms with Gasteiger partial charge in [-0.05, 0) is 32.6 Å². The summed E-state index contributed by atoms with van der Waals surface area (Å²) in [5, 5.41) is 2.84. The van der Waals surface area contributed by atoms with Crippen molar-refractivity contribution in [1.29, 1.82) is 0 Å². The third-order valence-electron chi connectivity index (χ3n) is 4.80. The maximum atomic E-state index is 12.5. The molecule has 0 aromatic rings. The maximum absolute atomic E-state index is 12.5. The van der Waals surface area contributed by atoms with E-state index in [-0.39, 0.29) is 17.9 Å². The van der Waals surface area contributed by atoms with E-state index >= 15 is 0 Å². The molecule has 1 atom stereocenters. The van der Waals surface area contributed by atoms with E-state index in [0.29, 0.717) is 6.42 Å². The summed E-state index contributed by atoms with van der Waals surface area (Å²) in [5.74, 6) is 0.808. The highest BCUT2D eigenvalue weighted by atomic mass is 16.2. The second-order valence-electron chi connectivity index (χ2n) is 6.83. The van der Waals surface area contributed by atoms with Gasteiger partial charge in [0.25, 0.3) is 0 Å². The highest BCUT2D eigenvalue weighted by Crippen LogP contribution is 2.28. The van der Waals surface area contributed by atoms with Crippen molar-refractivity contribution in [2.45, 2.75) is 77.3 Å². The molecule has 2 amide bonds. The van der Waals surface area contributed by atoms with E-state index in [1.807, 2.05) is 11.8 Å². The number of carbonyl (C=O) groups excluding carboxylic acids is 2. The van der Waals surface area contributed by atoms with Crippen LogP contribution in [0.4, 0.5) is 0 Å². The van der Waals surface area contributed by atoms with Crippen LogP contribution in [0.15, 0.2) is 0 Å². The predicted octanol–water partition coefficient (Wildman–Crippen LogP) is 2.47. The number of nitrogens with zero attached hydrogens (tertiary/aromatic N) is 1. The number of piperazine rings is 1. The van der Waals surface area contributed by atoms with E-state index in [4.69, 9.17) is 0 Å². The van der Waals surface area contributed by atoms with Crippen LogP contribution in [0.3, 0.4) is 0 Å². The van der Waals surface area contributed by atoms with Crippen LogP contribution in [0.1, 0.15) is 65.7 Å². The van der Waals surface area contributed by atoms with E-state index in [2.05, 4.69) is 5.32 Å². The minimum atomic E-state index is -0.755. The SMILES string of the molecule is CCC1C(=O)NC(C)(C)C(=O)N1CCC1CCCCC1. The summed E-state index contributed by atoms with van der Waals surface area (Å²) in [6, 6.07) is -0.279. The number of amides is 2. The molecule has 114 valence electrons. The smallest absolute Gasteiger partial charge is 0.248 e. The molecule has 20 heavy (non-hydrogen) atoms. The molecular formula is C16H28N2O2. The molecule has 1 aliphatic carbocycles. The summed E-state index contributed by atoms with van der Waals surface area (Å²) >= 11 is 0. The molecule has 4 nitrogen and oxygen atoms in total. The molecule has 1 unspecified atom stereocenters. The number of rotatable bonds is 4.